The van der Waals surface area contributed by atoms with E-state index in [-0.39, 0.29) is 11.9 Å². The van der Waals surface area contributed by atoms with E-state index >= 15 is 0 Å². The van der Waals surface area contributed by atoms with E-state index in [4.69, 9.17) is 5.84 Å². The minimum Gasteiger partial charge on any atom is -0.271 e. The summed E-state index contributed by atoms with van der Waals surface area (Å²) in [6, 6.07) is 8.68. The second-order valence-electron chi connectivity index (χ2n) is 3.70. The van der Waals surface area contributed by atoms with Gasteiger partial charge in [-0.05, 0) is 51.0 Å². The summed E-state index contributed by atoms with van der Waals surface area (Å²) in [5.74, 6) is 5.34. The monoisotopic (exact) mass is 314 g/mol. The van der Waals surface area contributed by atoms with E-state index in [1.165, 1.54) is 6.07 Å². The predicted molar refractivity (Wildman–Crippen MR) is 72.2 cm³/mol. The molecule has 2 nitrogen and oxygen atoms in total. The third-order valence-corrected chi connectivity index (χ3v) is 4.10. The average molecular weight is 315 g/mol. The number of hydrogen-bond acceptors (Lipinski definition) is 3. The molecule has 0 amide bonds. The summed E-state index contributed by atoms with van der Waals surface area (Å²) in [5.41, 5.74) is 4.45. The van der Waals surface area contributed by atoms with Crippen LogP contribution in [0.5, 0.6) is 0 Å². The van der Waals surface area contributed by atoms with Gasteiger partial charge in [-0.15, -0.1) is 11.3 Å². The Morgan fingerprint density at radius 2 is 2.18 bits per heavy atom. The van der Waals surface area contributed by atoms with Gasteiger partial charge in [-0.2, -0.15) is 0 Å². The van der Waals surface area contributed by atoms with Gasteiger partial charge < -0.3 is 0 Å². The lowest BCUT2D eigenvalue weighted by Crippen LogP contribution is -2.29. The lowest BCUT2D eigenvalue weighted by atomic mass is 10.0. The van der Waals surface area contributed by atoms with Gasteiger partial charge >= 0.3 is 0 Å². The van der Waals surface area contributed by atoms with Gasteiger partial charge in [0.2, 0.25) is 0 Å². The van der Waals surface area contributed by atoms with E-state index in [9.17, 15) is 4.39 Å². The van der Waals surface area contributed by atoms with Crippen LogP contribution in [-0.4, -0.2) is 0 Å². The summed E-state index contributed by atoms with van der Waals surface area (Å²) in [5, 5.41) is 2.01. The van der Waals surface area contributed by atoms with Crippen LogP contribution < -0.4 is 11.3 Å². The van der Waals surface area contributed by atoms with Crippen molar-refractivity contribution in [1.29, 1.82) is 0 Å². The van der Waals surface area contributed by atoms with Crippen LogP contribution >= 0.6 is 27.3 Å². The van der Waals surface area contributed by atoms with Crippen molar-refractivity contribution in [3.05, 3.63) is 56.4 Å². The van der Waals surface area contributed by atoms with Crippen LogP contribution in [0.15, 0.2) is 39.5 Å². The molecule has 0 bridgehead atoms. The molecular formula is C12H12BrFN2S. The highest BCUT2D eigenvalue weighted by atomic mass is 79.9. The van der Waals surface area contributed by atoms with Crippen molar-refractivity contribution in [2.24, 2.45) is 5.84 Å². The van der Waals surface area contributed by atoms with Crippen molar-refractivity contribution in [1.82, 2.24) is 5.43 Å². The van der Waals surface area contributed by atoms with Crippen LogP contribution in [-0.2, 0) is 6.42 Å². The van der Waals surface area contributed by atoms with Crippen LogP contribution in [0.25, 0.3) is 0 Å². The molecule has 1 aromatic carbocycles. The van der Waals surface area contributed by atoms with Gasteiger partial charge in [0, 0.05) is 0 Å². The summed E-state index contributed by atoms with van der Waals surface area (Å²) in [6.45, 7) is 0. The maximum atomic E-state index is 13.5. The zero-order chi connectivity index (χ0) is 12.3. The molecule has 2 rings (SSSR count). The molecule has 2 aromatic rings. The quantitative estimate of drug-likeness (QED) is 0.670. The van der Waals surface area contributed by atoms with Crippen LogP contribution in [0.1, 0.15) is 17.2 Å². The zero-order valence-electron chi connectivity index (χ0n) is 8.99. The highest BCUT2D eigenvalue weighted by Crippen LogP contribution is 2.27. The highest BCUT2D eigenvalue weighted by molar-refractivity contribution is 9.11. The molecule has 0 saturated heterocycles. The smallest absolute Gasteiger partial charge is 0.126 e. The zero-order valence-corrected chi connectivity index (χ0v) is 11.4. The molecule has 5 heteroatoms. The molecule has 0 aliphatic rings. The summed E-state index contributed by atoms with van der Waals surface area (Å²) < 4.78 is 14.6. The van der Waals surface area contributed by atoms with Crippen molar-refractivity contribution in [3.8, 4) is 0 Å². The topological polar surface area (TPSA) is 38.0 Å². The Morgan fingerprint density at radius 3 is 2.76 bits per heavy atom. The molecule has 0 spiro atoms. The maximum absolute atomic E-state index is 13.5. The van der Waals surface area contributed by atoms with E-state index in [1.54, 1.807) is 23.5 Å². The standard InChI is InChI=1S/C12H12BrFN2S/c13-12-6-9(7-17-12)11(16-15)5-8-3-1-2-4-10(8)14/h1-4,6-7,11,16H,5,15H2. The summed E-state index contributed by atoms with van der Waals surface area (Å²) in [6.07, 6.45) is 0.534. The van der Waals surface area contributed by atoms with E-state index < -0.39 is 0 Å². The van der Waals surface area contributed by atoms with Crippen molar-refractivity contribution in [2.45, 2.75) is 12.5 Å². The lowest BCUT2D eigenvalue weighted by molar-refractivity contribution is 0.530. The average Bonchev–Trinajstić information content (AvgIpc) is 2.75. The SMILES string of the molecule is NNC(Cc1ccccc1F)c1csc(Br)c1. The third-order valence-electron chi connectivity index (χ3n) is 2.57. The number of thiophene rings is 1. The van der Waals surface area contributed by atoms with Crippen LogP contribution in [0.4, 0.5) is 4.39 Å². The molecule has 0 fully saturated rings. The number of halogens is 2. The van der Waals surface area contributed by atoms with Gasteiger partial charge in [-0.25, -0.2) is 4.39 Å². The van der Waals surface area contributed by atoms with Gasteiger partial charge in [-0.3, -0.25) is 11.3 Å². The second kappa shape index (κ2) is 5.73. The molecular weight excluding hydrogens is 303 g/mol. The first-order chi connectivity index (χ1) is 8.20. The summed E-state index contributed by atoms with van der Waals surface area (Å²) in [4.78, 5) is 0. The van der Waals surface area contributed by atoms with Gasteiger partial charge in [0.25, 0.3) is 0 Å². The third kappa shape index (κ3) is 3.13. The first-order valence-electron chi connectivity index (χ1n) is 5.14. The first kappa shape index (κ1) is 12.7. The molecule has 1 aromatic heterocycles. The summed E-state index contributed by atoms with van der Waals surface area (Å²) >= 11 is 5.00. The fourth-order valence-electron chi connectivity index (χ4n) is 1.66. The molecule has 0 radical (unpaired) electrons. The molecule has 1 heterocycles. The molecule has 17 heavy (non-hydrogen) atoms. The predicted octanol–water partition coefficient (Wildman–Crippen LogP) is 3.40. The summed E-state index contributed by atoms with van der Waals surface area (Å²) in [7, 11) is 0. The fourth-order valence-corrected chi connectivity index (χ4v) is 2.89. The van der Waals surface area contributed by atoms with E-state index in [0.29, 0.717) is 12.0 Å². The molecule has 0 aliphatic heterocycles. The molecule has 0 aliphatic carbocycles. The van der Waals surface area contributed by atoms with E-state index in [1.807, 2.05) is 17.5 Å². The Kier molecular flexibility index (Phi) is 4.28. The number of hydrazine groups is 1. The Balaban J connectivity index is 2.18. The number of benzene rings is 1. The Bertz CT molecular complexity index is 501. The molecule has 90 valence electrons. The van der Waals surface area contributed by atoms with Crippen molar-refractivity contribution in [2.75, 3.05) is 0 Å². The van der Waals surface area contributed by atoms with Crippen molar-refractivity contribution >= 4 is 27.3 Å². The van der Waals surface area contributed by atoms with Gasteiger partial charge in [0.1, 0.15) is 5.82 Å². The molecule has 0 saturated carbocycles. The lowest BCUT2D eigenvalue weighted by Gasteiger charge is -2.14. The minimum atomic E-state index is -0.193. The number of nitrogens with two attached hydrogens (primary N) is 1. The molecule has 3 N–H and O–H groups in total. The number of rotatable bonds is 4. The highest BCUT2D eigenvalue weighted by Gasteiger charge is 2.14. The minimum absolute atomic E-state index is 0.0746. The maximum Gasteiger partial charge on any atom is 0.126 e. The Hall–Kier alpha value is -0.750. The van der Waals surface area contributed by atoms with Gasteiger partial charge in [-0.1, -0.05) is 18.2 Å². The van der Waals surface area contributed by atoms with Crippen LogP contribution in [0, 0.1) is 5.82 Å². The normalized spacial score (nSPS) is 12.6. The second-order valence-corrected chi connectivity index (χ2v) is 5.99. The molecule has 1 unspecified atom stereocenters. The van der Waals surface area contributed by atoms with Gasteiger partial charge in [0.15, 0.2) is 0 Å². The molecule has 1 atom stereocenters. The first-order valence-corrected chi connectivity index (χ1v) is 6.81. The fraction of sp³-hybridized carbons (Fsp3) is 0.167. The van der Waals surface area contributed by atoms with Crippen molar-refractivity contribution in [3.63, 3.8) is 0 Å². The number of hydrogen-bond donors (Lipinski definition) is 2. The van der Waals surface area contributed by atoms with E-state index in [2.05, 4.69) is 21.4 Å². The largest absolute Gasteiger partial charge is 0.271 e. The van der Waals surface area contributed by atoms with Crippen molar-refractivity contribution < 1.29 is 4.39 Å². The van der Waals surface area contributed by atoms with E-state index in [0.717, 1.165) is 9.35 Å². The Labute approximate surface area is 112 Å². The van der Waals surface area contributed by atoms with Crippen LogP contribution in [0.3, 0.4) is 0 Å². The van der Waals surface area contributed by atoms with Gasteiger partial charge in [0.05, 0.1) is 9.83 Å². The van der Waals surface area contributed by atoms with Crippen LogP contribution in [0.2, 0.25) is 0 Å². The number of nitrogens with one attached hydrogen (secondary N) is 1. The Morgan fingerprint density at radius 1 is 1.41 bits per heavy atom.